The van der Waals surface area contributed by atoms with Gasteiger partial charge in [0.1, 0.15) is 5.75 Å². The molecule has 2 aromatic carbocycles. The van der Waals surface area contributed by atoms with Crippen LogP contribution in [-0.2, 0) is 27.2 Å². The molecule has 0 spiro atoms. The van der Waals surface area contributed by atoms with E-state index in [1.54, 1.807) is 12.0 Å². The van der Waals surface area contributed by atoms with Crippen LogP contribution in [0.3, 0.4) is 0 Å². The van der Waals surface area contributed by atoms with Crippen molar-refractivity contribution in [3.05, 3.63) is 65.2 Å². The Morgan fingerprint density at radius 3 is 2.04 bits per heavy atom. The largest absolute Gasteiger partial charge is 0.497 e. The van der Waals surface area contributed by atoms with E-state index in [0.29, 0.717) is 25.9 Å². The third-order valence-corrected chi connectivity index (χ3v) is 4.74. The van der Waals surface area contributed by atoms with Gasteiger partial charge < -0.3 is 14.4 Å². The highest BCUT2D eigenvalue weighted by Crippen LogP contribution is 2.13. The number of ether oxygens (including phenoxy) is 2. The molecule has 2 aromatic rings. The van der Waals surface area contributed by atoms with Gasteiger partial charge in [-0.3, -0.25) is 9.59 Å². The average Bonchev–Trinajstić information content (AvgIpc) is 2.73. The van der Waals surface area contributed by atoms with Gasteiger partial charge in [-0.1, -0.05) is 42.0 Å². The number of esters is 1. The van der Waals surface area contributed by atoms with Crippen LogP contribution in [0.25, 0.3) is 0 Å². The van der Waals surface area contributed by atoms with E-state index >= 15 is 0 Å². The molecule has 0 bridgehead atoms. The predicted octanol–water partition coefficient (Wildman–Crippen LogP) is 3.57. The SMILES string of the molecule is COC(=O)CCN(CCc1ccc(OC)cc1)C(=O)CCc1ccc(C)cc1. The minimum atomic E-state index is -0.305. The minimum absolute atomic E-state index is 0.0537. The van der Waals surface area contributed by atoms with E-state index in [4.69, 9.17) is 9.47 Å². The highest BCUT2D eigenvalue weighted by molar-refractivity contribution is 5.77. The third-order valence-electron chi connectivity index (χ3n) is 4.74. The van der Waals surface area contributed by atoms with Crippen LogP contribution in [0.4, 0.5) is 0 Å². The quantitative estimate of drug-likeness (QED) is 0.589. The summed E-state index contributed by atoms with van der Waals surface area (Å²) >= 11 is 0. The van der Waals surface area contributed by atoms with Crippen LogP contribution in [0, 0.1) is 6.92 Å². The second-order valence-electron chi connectivity index (χ2n) is 6.79. The minimum Gasteiger partial charge on any atom is -0.497 e. The Labute approximate surface area is 167 Å². The van der Waals surface area contributed by atoms with Gasteiger partial charge in [-0.25, -0.2) is 0 Å². The number of methoxy groups -OCH3 is 2. The van der Waals surface area contributed by atoms with Gasteiger partial charge in [-0.2, -0.15) is 0 Å². The van der Waals surface area contributed by atoms with Crippen molar-refractivity contribution in [2.24, 2.45) is 0 Å². The number of carbonyl (C=O) groups is 2. The first-order valence-electron chi connectivity index (χ1n) is 9.55. The fraction of sp³-hybridized carbons (Fsp3) is 0.391. The molecular formula is C23H29NO4. The maximum atomic E-state index is 12.8. The standard InChI is InChI=1S/C23H29NO4/c1-18-4-6-19(7-5-18)10-13-22(25)24(17-15-23(26)28-3)16-14-20-8-11-21(27-2)12-9-20/h4-9,11-12H,10,13-17H2,1-3H3. The van der Waals surface area contributed by atoms with Gasteiger partial charge in [0.2, 0.25) is 5.91 Å². The molecule has 2 rings (SSSR count). The molecule has 1 amide bonds. The molecule has 0 aliphatic carbocycles. The molecule has 5 nitrogen and oxygen atoms in total. The molecule has 0 aliphatic heterocycles. The van der Waals surface area contributed by atoms with E-state index in [1.165, 1.54) is 12.7 Å². The molecule has 0 saturated heterocycles. The van der Waals surface area contributed by atoms with Crippen molar-refractivity contribution in [3.63, 3.8) is 0 Å². The van der Waals surface area contributed by atoms with Crippen molar-refractivity contribution >= 4 is 11.9 Å². The number of nitrogens with zero attached hydrogens (tertiary/aromatic N) is 1. The van der Waals surface area contributed by atoms with E-state index in [2.05, 4.69) is 24.3 Å². The van der Waals surface area contributed by atoms with Gasteiger partial charge >= 0.3 is 5.97 Å². The van der Waals surface area contributed by atoms with Gasteiger partial charge in [0, 0.05) is 19.5 Å². The lowest BCUT2D eigenvalue weighted by Gasteiger charge is -2.22. The first-order chi connectivity index (χ1) is 13.5. The average molecular weight is 383 g/mol. The molecule has 0 radical (unpaired) electrons. The third kappa shape index (κ3) is 7.06. The molecule has 0 N–H and O–H groups in total. The second-order valence-corrected chi connectivity index (χ2v) is 6.79. The summed E-state index contributed by atoms with van der Waals surface area (Å²) in [4.78, 5) is 26.0. The first kappa shape index (κ1) is 21.5. The summed E-state index contributed by atoms with van der Waals surface area (Å²) in [6, 6.07) is 16.0. The van der Waals surface area contributed by atoms with Crippen molar-refractivity contribution in [1.82, 2.24) is 4.90 Å². The summed E-state index contributed by atoms with van der Waals surface area (Å²) in [5, 5.41) is 0. The summed E-state index contributed by atoms with van der Waals surface area (Å²) in [5.74, 6) is 0.555. The number of carbonyl (C=O) groups excluding carboxylic acids is 2. The summed E-state index contributed by atoms with van der Waals surface area (Å²) in [5.41, 5.74) is 3.46. The highest BCUT2D eigenvalue weighted by atomic mass is 16.5. The molecule has 0 aliphatic rings. The van der Waals surface area contributed by atoms with Crippen LogP contribution in [0.15, 0.2) is 48.5 Å². The Balaban J connectivity index is 1.94. The van der Waals surface area contributed by atoms with Crippen LogP contribution in [0.1, 0.15) is 29.5 Å². The molecule has 0 heterocycles. The lowest BCUT2D eigenvalue weighted by Crippen LogP contribution is -2.35. The number of hydrogen-bond donors (Lipinski definition) is 0. The fourth-order valence-electron chi connectivity index (χ4n) is 2.91. The fourth-order valence-corrected chi connectivity index (χ4v) is 2.91. The van der Waals surface area contributed by atoms with Crippen molar-refractivity contribution in [3.8, 4) is 5.75 Å². The molecule has 0 aromatic heterocycles. The summed E-state index contributed by atoms with van der Waals surface area (Å²) in [7, 11) is 3.00. The topological polar surface area (TPSA) is 55.8 Å². The van der Waals surface area contributed by atoms with Crippen LogP contribution in [-0.4, -0.2) is 44.1 Å². The van der Waals surface area contributed by atoms with Gasteiger partial charge in [0.05, 0.1) is 20.6 Å². The summed E-state index contributed by atoms with van der Waals surface area (Å²) in [6.45, 7) is 2.98. The zero-order valence-corrected chi connectivity index (χ0v) is 16.9. The van der Waals surface area contributed by atoms with Crippen molar-refractivity contribution in [1.29, 1.82) is 0 Å². The van der Waals surface area contributed by atoms with E-state index in [1.807, 2.05) is 31.2 Å². The number of amides is 1. The molecule has 0 unspecified atom stereocenters. The predicted molar refractivity (Wildman–Crippen MR) is 109 cm³/mol. The maximum absolute atomic E-state index is 12.8. The molecule has 150 valence electrons. The van der Waals surface area contributed by atoms with Crippen LogP contribution >= 0.6 is 0 Å². The van der Waals surface area contributed by atoms with E-state index in [9.17, 15) is 9.59 Å². The molecular weight excluding hydrogens is 354 g/mol. The molecule has 5 heteroatoms. The van der Waals surface area contributed by atoms with Gasteiger partial charge in [0.25, 0.3) is 0 Å². The molecule has 28 heavy (non-hydrogen) atoms. The summed E-state index contributed by atoms with van der Waals surface area (Å²) in [6.07, 6.45) is 2.04. The Morgan fingerprint density at radius 2 is 1.43 bits per heavy atom. The van der Waals surface area contributed by atoms with E-state index in [0.717, 1.165) is 23.3 Å². The zero-order chi connectivity index (χ0) is 20.4. The Morgan fingerprint density at radius 1 is 0.821 bits per heavy atom. The lowest BCUT2D eigenvalue weighted by atomic mass is 10.1. The Hall–Kier alpha value is -2.82. The van der Waals surface area contributed by atoms with Crippen molar-refractivity contribution < 1.29 is 19.1 Å². The normalized spacial score (nSPS) is 10.4. The van der Waals surface area contributed by atoms with E-state index in [-0.39, 0.29) is 18.3 Å². The number of hydrogen-bond acceptors (Lipinski definition) is 4. The zero-order valence-electron chi connectivity index (χ0n) is 16.9. The molecule has 0 saturated carbocycles. The maximum Gasteiger partial charge on any atom is 0.307 e. The smallest absolute Gasteiger partial charge is 0.307 e. The van der Waals surface area contributed by atoms with Crippen LogP contribution in [0.5, 0.6) is 5.75 Å². The number of benzene rings is 2. The Kier molecular flexibility index (Phi) is 8.53. The first-order valence-corrected chi connectivity index (χ1v) is 9.55. The highest BCUT2D eigenvalue weighted by Gasteiger charge is 2.15. The lowest BCUT2D eigenvalue weighted by molar-refractivity contribution is -0.141. The van der Waals surface area contributed by atoms with Crippen molar-refractivity contribution in [2.45, 2.75) is 32.6 Å². The molecule has 0 fully saturated rings. The summed E-state index contributed by atoms with van der Waals surface area (Å²) < 4.78 is 9.89. The van der Waals surface area contributed by atoms with Crippen LogP contribution < -0.4 is 4.74 Å². The monoisotopic (exact) mass is 383 g/mol. The van der Waals surface area contributed by atoms with E-state index < -0.39 is 0 Å². The number of aryl methyl sites for hydroxylation is 2. The molecule has 0 atom stereocenters. The van der Waals surface area contributed by atoms with Crippen LogP contribution in [0.2, 0.25) is 0 Å². The van der Waals surface area contributed by atoms with Crippen molar-refractivity contribution in [2.75, 3.05) is 27.3 Å². The van der Waals surface area contributed by atoms with Gasteiger partial charge in [-0.15, -0.1) is 0 Å². The second kappa shape index (κ2) is 11.1. The van der Waals surface area contributed by atoms with Gasteiger partial charge in [-0.05, 0) is 43.0 Å². The van der Waals surface area contributed by atoms with Gasteiger partial charge in [0.15, 0.2) is 0 Å². The Bertz CT molecular complexity index is 753. The number of rotatable bonds is 10.